The summed E-state index contributed by atoms with van der Waals surface area (Å²) in [5, 5.41) is 26.2. The molecule has 8 nitrogen and oxygen atoms in total. The molecule has 4 N–H and O–H groups in total. The lowest BCUT2D eigenvalue weighted by Gasteiger charge is -2.45. The number of benzene rings is 2. The summed E-state index contributed by atoms with van der Waals surface area (Å²) in [5.41, 5.74) is 2.17. The molecule has 0 spiro atoms. The number of aliphatic carboxylic acids is 2. The molecule has 4 aliphatic carbocycles. The number of anilines is 2. The zero-order chi connectivity index (χ0) is 28.3. The third-order valence-electron chi connectivity index (χ3n) is 9.90. The summed E-state index contributed by atoms with van der Waals surface area (Å²) in [6.45, 7) is 0. The van der Waals surface area contributed by atoms with Crippen molar-refractivity contribution in [3.05, 3.63) is 59.7 Å². The molecule has 0 aliphatic heterocycles. The highest BCUT2D eigenvalue weighted by Gasteiger charge is 2.73. The number of amides is 2. The Bertz CT molecular complexity index is 1400. The summed E-state index contributed by atoms with van der Waals surface area (Å²) >= 11 is 0. The van der Waals surface area contributed by atoms with E-state index in [-0.39, 0.29) is 47.3 Å². The summed E-state index contributed by atoms with van der Waals surface area (Å²) in [7, 11) is 0. The Labute approximate surface area is 231 Å². The number of terminal acetylenes is 2. The highest BCUT2D eigenvalue weighted by Crippen LogP contribution is 2.73. The van der Waals surface area contributed by atoms with Crippen LogP contribution in [-0.2, 0) is 19.2 Å². The van der Waals surface area contributed by atoms with E-state index in [4.69, 9.17) is 12.8 Å². The number of hydrogen-bond acceptors (Lipinski definition) is 4. The van der Waals surface area contributed by atoms with Crippen molar-refractivity contribution in [2.75, 3.05) is 10.6 Å². The lowest BCUT2D eigenvalue weighted by atomic mass is 9.58. The number of hydrogen-bond donors (Lipinski definition) is 4. The highest BCUT2D eigenvalue weighted by atomic mass is 16.4. The van der Waals surface area contributed by atoms with Gasteiger partial charge < -0.3 is 20.8 Å². The second kappa shape index (κ2) is 9.57. The smallest absolute Gasteiger partial charge is 0.307 e. The largest absolute Gasteiger partial charge is 0.481 e. The summed E-state index contributed by atoms with van der Waals surface area (Å²) in [6, 6.07) is 13.6. The van der Waals surface area contributed by atoms with Gasteiger partial charge in [-0.1, -0.05) is 24.0 Å². The van der Waals surface area contributed by atoms with Crippen LogP contribution in [0.5, 0.6) is 0 Å². The second-order valence-corrected chi connectivity index (χ2v) is 11.5. The summed E-state index contributed by atoms with van der Waals surface area (Å²) in [5.74, 6) is -2.54. The van der Waals surface area contributed by atoms with Crippen molar-refractivity contribution in [3.8, 4) is 24.7 Å². The maximum atomic E-state index is 13.5. The normalized spacial score (nSPS) is 34.4. The number of fused-ring (bicyclic) bond motifs is 9. The van der Waals surface area contributed by atoms with Crippen molar-refractivity contribution in [1.29, 1.82) is 0 Å². The lowest BCUT2D eigenvalue weighted by molar-refractivity contribution is -0.158. The molecular weight excluding hydrogens is 508 g/mol. The van der Waals surface area contributed by atoms with E-state index in [1.165, 1.54) is 0 Å². The fraction of sp³-hybridized carbons (Fsp3) is 0.375. The maximum Gasteiger partial charge on any atom is 0.307 e. The predicted molar refractivity (Wildman–Crippen MR) is 145 cm³/mol. The van der Waals surface area contributed by atoms with Gasteiger partial charge in [0, 0.05) is 22.5 Å². The topological polar surface area (TPSA) is 133 Å². The monoisotopic (exact) mass is 536 g/mol. The van der Waals surface area contributed by atoms with Crippen LogP contribution in [0.2, 0.25) is 0 Å². The van der Waals surface area contributed by atoms with E-state index in [2.05, 4.69) is 22.5 Å². The molecule has 40 heavy (non-hydrogen) atoms. The fourth-order valence-corrected chi connectivity index (χ4v) is 8.86. The van der Waals surface area contributed by atoms with Gasteiger partial charge >= 0.3 is 11.9 Å². The Morgan fingerprint density at radius 1 is 0.650 bits per heavy atom. The first-order chi connectivity index (χ1) is 19.2. The maximum absolute atomic E-state index is 13.5. The van der Waals surface area contributed by atoms with Crippen molar-refractivity contribution >= 4 is 35.1 Å². The molecule has 2 amide bonds. The summed E-state index contributed by atoms with van der Waals surface area (Å²) in [6.07, 6.45) is 12.0. The number of carboxylic acids is 2. The predicted octanol–water partition coefficient (Wildman–Crippen LogP) is 3.39. The van der Waals surface area contributed by atoms with Crippen molar-refractivity contribution in [3.63, 3.8) is 0 Å². The van der Waals surface area contributed by atoms with Crippen LogP contribution in [0.4, 0.5) is 11.4 Å². The standard InChI is InChI=1S/C32H28N2O6/c1-3-15-7-5-9-17(11-15)33-29(35)25-19-13-21(27(25)31(37)38)24-20-14-22(23(19)24)28(32(39)40)26(20)30(36)34-18-10-6-8-16(4-2)12-18/h1-2,5-12,19-28H,13-14H2,(H,33,35)(H,34,36)(H,37,38)(H,39,40). The van der Waals surface area contributed by atoms with Gasteiger partial charge in [0.15, 0.2) is 0 Å². The van der Waals surface area contributed by atoms with Crippen LogP contribution in [0.25, 0.3) is 0 Å². The molecule has 0 saturated heterocycles. The summed E-state index contributed by atoms with van der Waals surface area (Å²) in [4.78, 5) is 52.2. The van der Waals surface area contributed by atoms with E-state index >= 15 is 0 Å². The SMILES string of the molecule is C#Cc1cccc(NC(=O)C2C3CC(C2C(=O)O)C2C4CC(C(C(=O)O)C4C(=O)Nc4cccc(C#C)c4)C32)c1. The van der Waals surface area contributed by atoms with Crippen LogP contribution in [-0.4, -0.2) is 34.0 Å². The van der Waals surface area contributed by atoms with Gasteiger partial charge in [0.05, 0.1) is 23.7 Å². The fourth-order valence-electron chi connectivity index (χ4n) is 8.86. The van der Waals surface area contributed by atoms with Crippen molar-refractivity contribution in [2.24, 2.45) is 59.2 Å². The van der Waals surface area contributed by atoms with E-state index in [1.54, 1.807) is 48.5 Å². The molecule has 6 rings (SSSR count). The average molecular weight is 537 g/mol. The molecule has 4 aliphatic rings. The second-order valence-electron chi connectivity index (χ2n) is 11.5. The molecule has 10 atom stereocenters. The molecular formula is C32H28N2O6. The number of carbonyl (C=O) groups is 4. The third-order valence-corrected chi connectivity index (χ3v) is 9.90. The van der Waals surface area contributed by atoms with E-state index < -0.39 is 35.6 Å². The molecule has 202 valence electrons. The van der Waals surface area contributed by atoms with Gasteiger partial charge in [-0.3, -0.25) is 19.2 Å². The number of carbonyl (C=O) groups excluding carboxylic acids is 2. The van der Waals surface area contributed by atoms with Crippen LogP contribution in [0.1, 0.15) is 24.0 Å². The Morgan fingerprint density at radius 2 is 1.02 bits per heavy atom. The molecule has 2 aromatic carbocycles. The Balaban J connectivity index is 1.28. The van der Waals surface area contributed by atoms with Gasteiger partial charge in [-0.2, -0.15) is 0 Å². The molecule has 8 heteroatoms. The van der Waals surface area contributed by atoms with Crippen LogP contribution >= 0.6 is 0 Å². The molecule has 10 unspecified atom stereocenters. The van der Waals surface area contributed by atoms with Gasteiger partial charge in [-0.25, -0.2) is 0 Å². The minimum atomic E-state index is -1.03. The average Bonchev–Trinajstić information content (AvgIpc) is 3.70. The molecule has 0 aromatic heterocycles. The minimum Gasteiger partial charge on any atom is -0.481 e. The van der Waals surface area contributed by atoms with Crippen LogP contribution in [0.3, 0.4) is 0 Å². The molecule has 4 saturated carbocycles. The van der Waals surface area contributed by atoms with E-state index in [1.807, 2.05) is 0 Å². The Hall–Kier alpha value is -4.56. The number of carboxylic acid groups (broad SMARTS) is 2. The van der Waals surface area contributed by atoms with Gasteiger partial charge in [0.2, 0.25) is 11.8 Å². The van der Waals surface area contributed by atoms with E-state index in [0.717, 1.165) is 0 Å². The van der Waals surface area contributed by atoms with Crippen LogP contribution in [0.15, 0.2) is 48.5 Å². The first-order valence-corrected chi connectivity index (χ1v) is 13.4. The molecule has 0 heterocycles. The molecule has 4 bridgehead atoms. The lowest BCUT2D eigenvalue weighted by Crippen LogP contribution is -2.51. The first kappa shape index (κ1) is 25.7. The van der Waals surface area contributed by atoms with E-state index in [9.17, 15) is 29.4 Å². The van der Waals surface area contributed by atoms with Crippen LogP contribution < -0.4 is 10.6 Å². The number of rotatable bonds is 6. The van der Waals surface area contributed by atoms with Gasteiger partial charge in [0.25, 0.3) is 0 Å². The van der Waals surface area contributed by atoms with Gasteiger partial charge in [0.1, 0.15) is 0 Å². The quantitative estimate of drug-likeness (QED) is 0.331. The molecule has 4 fully saturated rings. The third kappa shape index (κ3) is 3.86. The zero-order valence-corrected chi connectivity index (χ0v) is 21.5. The van der Waals surface area contributed by atoms with Crippen molar-refractivity contribution in [1.82, 2.24) is 0 Å². The first-order valence-electron chi connectivity index (χ1n) is 13.4. The van der Waals surface area contributed by atoms with Crippen molar-refractivity contribution < 1.29 is 29.4 Å². The highest BCUT2D eigenvalue weighted by molar-refractivity contribution is 5.97. The summed E-state index contributed by atoms with van der Waals surface area (Å²) < 4.78 is 0. The number of nitrogens with one attached hydrogen (secondary N) is 2. The molecule has 0 radical (unpaired) electrons. The Kier molecular flexibility index (Phi) is 6.15. The Morgan fingerprint density at radius 3 is 1.38 bits per heavy atom. The van der Waals surface area contributed by atoms with Gasteiger partial charge in [-0.15, -0.1) is 12.8 Å². The minimum absolute atomic E-state index is 0.117. The molecule has 2 aromatic rings. The van der Waals surface area contributed by atoms with Crippen LogP contribution in [0, 0.1) is 83.9 Å². The van der Waals surface area contributed by atoms with E-state index in [0.29, 0.717) is 35.3 Å². The van der Waals surface area contributed by atoms with Gasteiger partial charge in [-0.05, 0) is 84.7 Å². The zero-order valence-electron chi connectivity index (χ0n) is 21.5. The van der Waals surface area contributed by atoms with Crippen molar-refractivity contribution in [2.45, 2.75) is 12.8 Å².